The SMILES string of the molecule is CCC(=O)Nc1nnc(S(=O)(=O)NCCSc2ccccc2)s1. The lowest BCUT2D eigenvalue weighted by molar-refractivity contribution is -0.115. The maximum atomic E-state index is 12.1. The number of thioether (sulfide) groups is 1. The molecular formula is C13H16N4O3S3. The van der Waals surface area contributed by atoms with Crippen LogP contribution in [-0.2, 0) is 14.8 Å². The summed E-state index contributed by atoms with van der Waals surface area (Å²) in [6.45, 7) is 1.97. The summed E-state index contributed by atoms with van der Waals surface area (Å²) in [5.41, 5.74) is 0. The van der Waals surface area contributed by atoms with E-state index in [4.69, 9.17) is 0 Å². The summed E-state index contributed by atoms with van der Waals surface area (Å²) in [5.74, 6) is 0.360. The van der Waals surface area contributed by atoms with Crippen LogP contribution >= 0.6 is 23.1 Å². The number of anilines is 1. The zero-order valence-corrected chi connectivity index (χ0v) is 14.8. The van der Waals surface area contributed by atoms with E-state index in [0.29, 0.717) is 5.75 Å². The minimum Gasteiger partial charge on any atom is -0.301 e. The smallest absolute Gasteiger partial charge is 0.269 e. The molecule has 1 amide bonds. The average molecular weight is 372 g/mol. The van der Waals surface area contributed by atoms with Gasteiger partial charge in [0.25, 0.3) is 10.0 Å². The number of benzene rings is 1. The van der Waals surface area contributed by atoms with Crippen molar-refractivity contribution in [3.63, 3.8) is 0 Å². The second-order valence-electron chi connectivity index (χ2n) is 4.33. The molecule has 0 fully saturated rings. The highest BCUT2D eigenvalue weighted by molar-refractivity contribution is 7.99. The number of aromatic nitrogens is 2. The van der Waals surface area contributed by atoms with E-state index in [0.717, 1.165) is 16.2 Å². The van der Waals surface area contributed by atoms with Crippen LogP contribution in [0.15, 0.2) is 39.6 Å². The Labute approximate surface area is 143 Å². The number of carbonyl (C=O) groups is 1. The molecule has 0 atom stereocenters. The monoisotopic (exact) mass is 372 g/mol. The first-order chi connectivity index (χ1) is 11.0. The van der Waals surface area contributed by atoms with Gasteiger partial charge in [0, 0.05) is 23.6 Å². The molecule has 0 aliphatic carbocycles. The molecule has 2 N–H and O–H groups in total. The van der Waals surface area contributed by atoms with Gasteiger partial charge in [0.05, 0.1) is 0 Å². The maximum Gasteiger partial charge on any atom is 0.269 e. The van der Waals surface area contributed by atoms with Crippen molar-refractivity contribution >= 4 is 44.2 Å². The highest BCUT2D eigenvalue weighted by Gasteiger charge is 2.20. The number of nitrogens with one attached hydrogen (secondary N) is 2. The normalized spacial score (nSPS) is 11.3. The Balaban J connectivity index is 1.85. The fourth-order valence-electron chi connectivity index (χ4n) is 1.50. The molecule has 1 aromatic heterocycles. The summed E-state index contributed by atoms with van der Waals surface area (Å²) in [7, 11) is -3.71. The Morgan fingerprint density at radius 1 is 1.26 bits per heavy atom. The quantitative estimate of drug-likeness (QED) is 0.417. The molecule has 1 heterocycles. The van der Waals surface area contributed by atoms with E-state index < -0.39 is 10.0 Å². The van der Waals surface area contributed by atoms with E-state index in [2.05, 4.69) is 20.2 Å². The van der Waals surface area contributed by atoms with Gasteiger partial charge in [-0.1, -0.05) is 36.5 Å². The molecule has 0 bridgehead atoms. The lowest BCUT2D eigenvalue weighted by atomic mass is 10.4. The molecule has 0 saturated carbocycles. The van der Waals surface area contributed by atoms with Crippen LogP contribution in [0.25, 0.3) is 0 Å². The number of carbonyl (C=O) groups excluding carboxylic acids is 1. The lowest BCUT2D eigenvalue weighted by Crippen LogP contribution is -2.25. The highest BCUT2D eigenvalue weighted by atomic mass is 32.2. The molecule has 0 radical (unpaired) electrons. The van der Waals surface area contributed by atoms with Crippen molar-refractivity contribution < 1.29 is 13.2 Å². The zero-order chi connectivity index (χ0) is 16.7. The molecule has 7 nitrogen and oxygen atoms in total. The van der Waals surface area contributed by atoms with E-state index in [1.54, 1.807) is 18.7 Å². The number of amides is 1. The van der Waals surface area contributed by atoms with E-state index in [-0.39, 0.29) is 28.3 Å². The van der Waals surface area contributed by atoms with Gasteiger partial charge in [0.15, 0.2) is 0 Å². The topological polar surface area (TPSA) is 101 Å². The van der Waals surface area contributed by atoms with Gasteiger partial charge in [-0.25, -0.2) is 13.1 Å². The van der Waals surface area contributed by atoms with Crippen LogP contribution in [0.4, 0.5) is 5.13 Å². The first-order valence-electron chi connectivity index (χ1n) is 6.82. The maximum absolute atomic E-state index is 12.1. The first-order valence-corrected chi connectivity index (χ1v) is 10.1. The summed E-state index contributed by atoms with van der Waals surface area (Å²) < 4.78 is 26.5. The van der Waals surface area contributed by atoms with Crippen molar-refractivity contribution in [3.8, 4) is 0 Å². The number of hydrogen-bond acceptors (Lipinski definition) is 7. The summed E-state index contributed by atoms with van der Waals surface area (Å²) in [6, 6.07) is 9.72. The Hall–Kier alpha value is -1.49. The van der Waals surface area contributed by atoms with Crippen molar-refractivity contribution in [3.05, 3.63) is 30.3 Å². The van der Waals surface area contributed by atoms with Crippen molar-refractivity contribution in [1.29, 1.82) is 0 Å². The van der Waals surface area contributed by atoms with Crippen LogP contribution in [0.2, 0.25) is 0 Å². The van der Waals surface area contributed by atoms with Crippen molar-refractivity contribution in [2.75, 3.05) is 17.6 Å². The first kappa shape index (κ1) is 17.9. The van der Waals surface area contributed by atoms with Crippen LogP contribution in [0.5, 0.6) is 0 Å². The summed E-state index contributed by atoms with van der Waals surface area (Å²) in [6.07, 6.45) is 0.288. The molecule has 2 rings (SSSR count). The van der Waals surface area contributed by atoms with Gasteiger partial charge in [0.1, 0.15) is 0 Å². The minimum absolute atomic E-state index is 0.159. The number of nitrogens with zero attached hydrogens (tertiary/aromatic N) is 2. The van der Waals surface area contributed by atoms with Crippen LogP contribution in [0.1, 0.15) is 13.3 Å². The summed E-state index contributed by atoms with van der Waals surface area (Å²) in [5, 5.41) is 9.93. The molecule has 2 aromatic rings. The van der Waals surface area contributed by atoms with Gasteiger partial charge >= 0.3 is 0 Å². The van der Waals surface area contributed by atoms with Crippen molar-refractivity contribution in [2.45, 2.75) is 22.6 Å². The summed E-state index contributed by atoms with van der Waals surface area (Å²) in [4.78, 5) is 12.3. The van der Waals surface area contributed by atoms with Gasteiger partial charge < -0.3 is 5.32 Å². The van der Waals surface area contributed by atoms with Crippen LogP contribution in [-0.4, -0.2) is 36.8 Å². The van der Waals surface area contributed by atoms with E-state index in [1.807, 2.05) is 30.3 Å². The minimum atomic E-state index is -3.71. The molecule has 0 aliphatic heterocycles. The van der Waals surface area contributed by atoms with E-state index >= 15 is 0 Å². The second kappa shape index (κ2) is 8.39. The Kier molecular flexibility index (Phi) is 6.51. The molecule has 0 aliphatic rings. The molecule has 0 unspecified atom stereocenters. The molecule has 1 aromatic carbocycles. The molecular weight excluding hydrogens is 356 g/mol. The van der Waals surface area contributed by atoms with Crippen LogP contribution in [0.3, 0.4) is 0 Å². The third-order valence-electron chi connectivity index (χ3n) is 2.61. The Morgan fingerprint density at radius 3 is 2.70 bits per heavy atom. The van der Waals surface area contributed by atoms with Gasteiger partial charge in [-0.3, -0.25) is 4.79 Å². The van der Waals surface area contributed by atoms with Crippen LogP contribution < -0.4 is 10.0 Å². The zero-order valence-electron chi connectivity index (χ0n) is 12.4. The van der Waals surface area contributed by atoms with E-state index in [9.17, 15) is 13.2 Å². The fraction of sp³-hybridized carbons (Fsp3) is 0.308. The number of hydrogen-bond donors (Lipinski definition) is 2. The van der Waals surface area contributed by atoms with Gasteiger partial charge in [-0.05, 0) is 12.1 Å². The molecule has 124 valence electrons. The molecule has 0 spiro atoms. The highest BCUT2D eigenvalue weighted by Crippen LogP contribution is 2.20. The van der Waals surface area contributed by atoms with Gasteiger partial charge in [0.2, 0.25) is 15.4 Å². The fourth-order valence-corrected chi connectivity index (χ4v) is 4.41. The number of rotatable bonds is 8. The molecule has 23 heavy (non-hydrogen) atoms. The summed E-state index contributed by atoms with van der Waals surface area (Å²) >= 11 is 2.38. The molecule has 10 heteroatoms. The third-order valence-corrected chi connectivity index (χ3v) is 6.29. The van der Waals surface area contributed by atoms with Gasteiger partial charge in [-0.2, -0.15) is 0 Å². The predicted octanol–water partition coefficient (Wildman–Crippen LogP) is 1.96. The Bertz CT molecular complexity index is 747. The predicted molar refractivity (Wildman–Crippen MR) is 91.2 cm³/mol. The average Bonchev–Trinajstić information content (AvgIpc) is 3.02. The van der Waals surface area contributed by atoms with Crippen LogP contribution in [0, 0.1) is 0 Å². The lowest BCUT2D eigenvalue weighted by Gasteiger charge is -2.03. The Morgan fingerprint density at radius 2 is 2.00 bits per heavy atom. The number of sulfonamides is 1. The van der Waals surface area contributed by atoms with Crippen molar-refractivity contribution in [2.24, 2.45) is 0 Å². The van der Waals surface area contributed by atoms with Gasteiger partial charge in [-0.15, -0.1) is 22.0 Å². The molecule has 0 saturated heterocycles. The standard InChI is InChI=1S/C13H16N4O3S3/c1-2-11(18)15-12-16-17-13(22-12)23(19,20)14-8-9-21-10-6-4-3-5-7-10/h3-7,14H,2,8-9H2,1H3,(H,15,16,18). The second-order valence-corrected chi connectivity index (χ2v) is 8.42. The van der Waals surface area contributed by atoms with E-state index in [1.165, 1.54) is 0 Å². The largest absolute Gasteiger partial charge is 0.301 e. The van der Waals surface area contributed by atoms with Crippen molar-refractivity contribution in [1.82, 2.24) is 14.9 Å². The third kappa shape index (κ3) is 5.57.